The van der Waals surface area contributed by atoms with Gasteiger partial charge in [-0.25, -0.2) is 9.67 Å². The van der Waals surface area contributed by atoms with Crippen molar-refractivity contribution in [3.05, 3.63) is 34.2 Å². The highest BCUT2D eigenvalue weighted by molar-refractivity contribution is 6.36. The number of amides is 1. The minimum atomic E-state index is -0.326. The summed E-state index contributed by atoms with van der Waals surface area (Å²) in [5, 5.41) is 11.0. The van der Waals surface area contributed by atoms with E-state index in [0.29, 0.717) is 10.7 Å². The standard InChI is InChI=1S/C12H14Cl2N6O/c1-2-9(15)10-5-20(19-18-10)6-11(21)17-12-8(14)3-7(13)4-16-12/h3-5,9H,2,6,15H2,1H3,(H,16,17,21). The fourth-order valence-corrected chi connectivity index (χ4v) is 2.02. The van der Waals surface area contributed by atoms with Crippen LogP contribution in [0.15, 0.2) is 18.5 Å². The molecule has 1 amide bonds. The number of carbonyl (C=O) groups is 1. The van der Waals surface area contributed by atoms with E-state index >= 15 is 0 Å². The van der Waals surface area contributed by atoms with Gasteiger partial charge in [-0.2, -0.15) is 0 Å². The van der Waals surface area contributed by atoms with Crippen LogP contribution in [0, 0.1) is 0 Å². The maximum atomic E-state index is 11.9. The normalized spacial score (nSPS) is 12.2. The Bertz CT molecular complexity index is 644. The lowest BCUT2D eigenvalue weighted by Crippen LogP contribution is -2.20. The molecule has 0 aromatic carbocycles. The Morgan fingerprint density at radius 1 is 1.52 bits per heavy atom. The minimum absolute atomic E-state index is 0.00985. The van der Waals surface area contributed by atoms with Crippen molar-refractivity contribution in [3.8, 4) is 0 Å². The summed E-state index contributed by atoms with van der Waals surface area (Å²) in [4.78, 5) is 15.9. The second-order valence-corrected chi connectivity index (χ2v) is 5.23. The predicted octanol–water partition coefficient (Wildman–Crippen LogP) is 2.03. The van der Waals surface area contributed by atoms with Crippen molar-refractivity contribution in [3.63, 3.8) is 0 Å². The SMILES string of the molecule is CCC(N)c1cn(CC(=O)Nc2ncc(Cl)cc2Cl)nn1. The van der Waals surface area contributed by atoms with Crippen molar-refractivity contribution in [2.75, 3.05) is 5.32 Å². The van der Waals surface area contributed by atoms with Crippen LogP contribution in [0.25, 0.3) is 0 Å². The molecule has 7 nitrogen and oxygen atoms in total. The molecule has 9 heteroatoms. The van der Waals surface area contributed by atoms with Crippen LogP contribution in [-0.2, 0) is 11.3 Å². The first-order valence-electron chi connectivity index (χ1n) is 6.26. The number of pyridine rings is 1. The van der Waals surface area contributed by atoms with Gasteiger partial charge in [-0.15, -0.1) is 5.10 Å². The third-order valence-corrected chi connectivity index (χ3v) is 3.24. The van der Waals surface area contributed by atoms with Crippen molar-refractivity contribution in [1.82, 2.24) is 20.0 Å². The number of rotatable bonds is 5. The summed E-state index contributed by atoms with van der Waals surface area (Å²) >= 11 is 11.7. The summed E-state index contributed by atoms with van der Waals surface area (Å²) in [6, 6.07) is 1.31. The quantitative estimate of drug-likeness (QED) is 0.874. The van der Waals surface area contributed by atoms with Gasteiger partial charge in [0.15, 0.2) is 5.82 Å². The van der Waals surface area contributed by atoms with Crippen LogP contribution < -0.4 is 11.1 Å². The number of hydrogen-bond acceptors (Lipinski definition) is 5. The van der Waals surface area contributed by atoms with Gasteiger partial charge in [0.25, 0.3) is 0 Å². The summed E-state index contributed by atoms with van der Waals surface area (Å²) in [6.07, 6.45) is 3.79. The highest BCUT2D eigenvalue weighted by Crippen LogP contribution is 2.22. The lowest BCUT2D eigenvalue weighted by atomic mass is 10.2. The maximum Gasteiger partial charge on any atom is 0.247 e. The van der Waals surface area contributed by atoms with Crippen molar-refractivity contribution < 1.29 is 4.79 Å². The Hall–Kier alpha value is -1.70. The van der Waals surface area contributed by atoms with E-state index in [-0.39, 0.29) is 29.3 Å². The number of halogens is 2. The zero-order valence-corrected chi connectivity index (χ0v) is 12.8. The van der Waals surface area contributed by atoms with Gasteiger partial charge in [0.2, 0.25) is 5.91 Å². The molecule has 2 aromatic heterocycles. The topological polar surface area (TPSA) is 98.7 Å². The molecule has 0 aliphatic rings. The average Bonchev–Trinajstić information content (AvgIpc) is 2.89. The monoisotopic (exact) mass is 328 g/mol. The minimum Gasteiger partial charge on any atom is -0.323 e. The van der Waals surface area contributed by atoms with Crippen LogP contribution in [0.4, 0.5) is 5.82 Å². The summed E-state index contributed by atoms with van der Waals surface area (Å²) in [5.41, 5.74) is 6.49. The van der Waals surface area contributed by atoms with Gasteiger partial charge in [-0.3, -0.25) is 4.79 Å². The lowest BCUT2D eigenvalue weighted by molar-refractivity contribution is -0.116. The molecule has 0 radical (unpaired) electrons. The van der Waals surface area contributed by atoms with E-state index in [4.69, 9.17) is 28.9 Å². The Labute approximate surface area is 131 Å². The number of nitrogens with two attached hydrogens (primary N) is 1. The van der Waals surface area contributed by atoms with Crippen LogP contribution in [0.5, 0.6) is 0 Å². The molecule has 2 aromatic rings. The van der Waals surface area contributed by atoms with Crippen molar-refractivity contribution >= 4 is 34.9 Å². The van der Waals surface area contributed by atoms with E-state index in [1.54, 1.807) is 6.20 Å². The molecule has 0 aliphatic heterocycles. The largest absolute Gasteiger partial charge is 0.323 e. The zero-order chi connectivity index (χ0) is 15.4. The molecule has 1 unspecified atom stereocenters. The van der Waals surface area contributed by atoms with Crippen LogP contribution in [0.2, 0.25) is 10.0 Å². The molecule has 1 atom stereocenters. The van der Waals surface area contributed by atoms with Crippen LogP contribution in [0.3, 0.4) is 0 Å². The molecule has 0 saturated heterocycles. The summed E-state index contributed by atoms with van der Waals surface area (Å²) in [5.74, 6) is -0.0788. The fourth-order valence-electron chi connectivity index (χ4n) is 1.59. The molecule has 2 rings (SSSR count). The van der Waals surface area contributed by atoms with E-state index in [1.165, 1.54) is 16.9 Å². The van der Waals surface area contributed by atoms with Crippen molar-refractivity contribution in [2.24, 2.45) is 5.73 Å². The summed E-state index contributed by atoms with van der Waals surface area (Å²) < 4.78 is 1.41. The summed E-state index contributed by atoms with van der Waals surface area (Å²) in [6.45, 7) is 1.94. The third kappa shape index (κ3) is 4.13. The van der Waals surface area contributed by atoms with Crippen LogP contribution in [0.1, 0.15) is 25.1 Å². The first-order chi connectivity index (χ1) is 9.99. The maximum absolute atomic E-state index is 11.9. The summed E-state index contributed by atoms with van der Waals surface area (Å²) in [7, 11) is 0. The van der Waals surface area contributed by atoms with Gasteiger partial charge in [-0.05, 0) is 12.5 Å². The molecular weight excluding hydrogens is 315 g/mol. The molecule has 21 heavy (non-hydrogen) atoms. The molecule has 0 bridgehead atoms. The number of nitrogens with zero attached hydrogens (tertiary/aromatic N) is 4. The van der Waals surface area contributed by atoms with E-state index in [2.05, 4.69) is 20.6 Å². The Kier molecular flexibility index (Phi) is 5.11. The van der Waals surface area contributed by atoms with E-state index in [1.807, 2.05) is 6.92 Å². The predicted molar refractivity (Wildman–Crippen MR) is 80.1 cm³/mol. The second-order valence-electron chi connectivity index (χ2n) is 4.39. The van der Waals surface area contributed by atoms with Gasteiger partial charge in [0.1, 0.15) is 6.54 Å². The van der Waals surface area contributed by atoms with Crippen molar-refractivity contribution in [1.29, 1.82) is 0 Å². The molecule has 0 fully saturated rings. The van der Waals surface area contributed by atoms with Gasteiger partial charge in [0.05, 0.1) is 28.0 Å². The third-order valence-electron chi connectivity index (χ3n) is 2.75. The van der Waals surface area contributed by atoms with E-state index in [9.17, 15) is 4.79 Å². The smallest absolute Gasteiger partial charge is 0.247 e. The van der Waals surface area contributed by atoms with Gasteiger partial charge in [0, 0.05) is 6.20 Å². The van der Waals surface area contributed by atoms with E-state index < -0.39 is 0 Å². The number of hydrogen-bond donors (Lipinski definition) is 2. The molecule has 3 N–H and O–H groups in total. The molecule has 2 heterocycles. The Morgan fingerprint density at radius 2 is 2.29 bits per heavy atom. The fraction of sp³-hybridized carbons (Fsp3) is 0.333. The van der Waals surface area contributed by atoms with Gasteiger partial charge < -0.3 is 11.1 Å². The molecule has 0 saturated carbocycles. The highest BCUT2D eigenvalue weighted by Gasteiger charge is 2.12. The van der Waals surface area contributed by atoms with E-state index in [0.717, 1.165) is 6.42 Å². The Morgan fingerprint density at radius 3 is 2.95 bits per heavy atom. The van der Waals surface area contributed by atoms with Crippen LogP contribution in [-0.4, -0.2) is 25.9 Å². The zero-order valence-electron chi connectivity index (χ0n) is 11.3. The first-order valence-corrected chi connectivity index (χ1v) is 7.01. The molecule has 112 valence electrons. The van der Waals surface area contributed by atoms with Crippen molar-refractivity contribution in [2.45, 2.75) is 25.9 Å². The Balaban J connectivity index is 2.00. The number of nitrogens with one attached hydrogen (secondary N) is 1. The number of carbonyl (C=O) groups excluding carboxylic acids is 1. The molecule has 0 spiro atoms. The molecular formula is C12H14Cl2N6O. The number of anilines is 1. The lowest BCUT2D eigenvalue weighted by Gasteiger charge is -2.06. The van der Waals surface area contributed by atoms with Crippen LogP contribution >= 0.6 is 23.2 Å². The highest BCUT2D eigenvalue weighted by atomic mass is 35.5. The second kappa shape index (κ2) is 6.84. The average molecular weight is 329 g/mol. The first kappa shape index (κ1) is 15.7. The van der Waals surface area contributed by atoms with Gasteiger partial charge >= 0.3 is 0 Å². The van der Waals surface area contributed by atoms with Gasteiger partial charge in [-0.1, -0.05) is 35.3 Å². The molecule has 0 aliphatic carbocycles. The number of aromatic nitrogens is 4.